The lowest BCUT2D eigenvalue weighted by Crippen LogP contribution is -2.22. The first-order valence-electron chi connectivity index (χ1n) is 6.06. The average molecular weight is 197 g/mol. The van der Waals surface area contributed by atoms with Gasteiger partial charge in [-0.15, -0.1) is 0 Å². The first kappa shape index (κ1) is 11.7. The van der Waals surface area contributed by atoms with Gasteiger partial charge in [0.25, 0.3) is 0 Å². The fourth-order valence-electron chi connectivity index (χ4n) is 2.08. The lowest BCUT2D eigenvalue weighted by Gasteiger charge is -2.15. The molecule has 0 bridgehead atoms. The topological polar surface area (TPSA) is 43.1 Å². The first-order valence-corrected chi connectivity index (χ1v) is 6.06. The van der Waals surface area contributed by atoms with Crippen LogP contribution in [-0.2, 0) is 4.79 Å². The third kappa shape index (κ3) is 5.38. The maximum Gasteiger partial charge on any atom is 0.132 e. The van der Waals surface area contributed by atoms with Crippen LogP contribution in [0.15, 0.2) is 0 Å². The van der Waals surface area contributed by atoms with Crippen LogP contribution in [0.25, 0.3) is 0 Å². The molecular weight excluding hydrogens is 174 g/mol. The Morgan fingerprint density at radius 3 is 1.64 bits per heavy atom. The maximum absolute atomic E-state index is 10.5. The van der Waals surface area contributed by atoms with E-state index in [1.54, 1.807) is 0 Å². The molecule has 82 valence electrons. The van der Waals surface area contributed by atoms with Crippen molar-refractivity contribution in [3.05, 3.63) is 0 Å². The molecule has 0 heterocycles. The molecule has 0 amide bonds. The van der Waals surface area contributed by atoms with E-state index >= 15 is 0 Å². The van der Waals surface area contributed by atoms with Gasteiger partial charge in [0, 0.05) is 18.9 Å². The minimum Gasteiger partial charge on any atom is -0.328 e. The molecule has 2 nitrogen and oxygen atoms in total. The number of Topliss-reactive ketones (excluding diaryl/α,β-unsaturated/α-hetero) is 1. The number of nitrogens with two attached hydrogens (primary N) is 1. The van der Waals surface area contributed by atoms with Crippen LogP contribution in [0, 0.1) is 0 Å². The summed E-state index contributed by atoms with van der Waals surface area (Å²) in [5.74, 6) is 0.464. The molecule has 2 aliphatic rings. The maximum atomic E-state index is 10.5. The summed E-state index contributed by atoms with van der Waals surface area (Å²) < 4.78 is 0. The minimum atomic E-state index is 0.464. The molecule has 0 unspecified atom stereocenters. The molecule has 0 radical (unpaired) electrons. The number of ketones is 1. The molecule has 0 aromatic carbocycles. The van der Waals surface area contributed by atoms with Gasteiger partial charge in [0.2, 0.25) is 0 Å². The van der Waals surface area contributed by atoms with Crippen LogP contribution < -0.4 is 5.73 Å². The van der Waals surface area contributed by atoms with Crippen molar-refractivity contribution in [1.82, 2.24) is 0 Å². The zero-order valence-corrected chi connectivity index (χ0v) is 9.13. The SMILES string of the molecule is NC1CCCCC1.O=C1CCCCC1. The minimum absolute atomic E-state index is 0.464. The van der Waals surface area contributed by atoms with Crippen molar-refractivity contribution in [3.63, 3.8) is 0 Å². The Kier molecular flexibility index (Phi) is 5.85. The summed E-state index contributed by atoms with van der Waals surface area (Å²) in [7, 11) is 0. The molecular formula is C12H23NO. The van der Waals surface area contributed by atoms with Gasteiger partial charge in [0.05, 0.1) is 0 Å². The van der Waals surface area contributed by atoms with Crippen molar-refractivity contribution < 1.29 is 4.79 Å². The van der Waals surface area contributed by atoms with E-state index in [2.05, 4.69) is 0 Å². The normalized spacial score (nSPS) is 23.9. The highest BCUT2D eigenvalue weighted by atomic mass is 16.1. The van der Waals surface area contributed by atoms with E-state index in [9.17, 15) is 4.79 Å². The lowest BCUT2D eigenvalue weighted by molar-refractivity contribution is -0.120. The van der Waals surface area contributed by atoms with E-state index in [-0.39, 0.29) is 0 Å². The van der Waals surface area contributed by atoms with E-state index in [4.69, 9.17) is 5.73 Å². The van der Waals surface area contributed by atoms with Crippen LogP contribution in [0.3, 0.4) is 0 Å². The van der Waals surface area contributed by atoms with Crippen molar-refractivity contribution in [3.8, 4) is 0 Å². The highest BCUT2D eigenvalue weighted by Gasteiger charge is 2.06. The van der Waals surface area contributed by atoms with Gasteiger partial charge in [-0.05, 0) is 25.7 Å². The molecule has 2 fully saturated rings. The summed E-state index contributed by atoms with van der Waals surface area (Å²) >= 11 is 0. The summed E-state index contributed by atoms with van der Waals surface area (Å²) in [5, 5.41) is 0. The van der Waals surface area contributed by atoms with Gasteiger partial charge in [-0.3, -0.25) is 4.79 Å². The van der Waals surface area contributed by atoms with Crippen molar-refractivity contribution in [2.24, 2.45) is 5.73 Å². The molecule has 0 atom stereocenters. The number of hydrogen-bond acceptors (Lipinski definition) is 2. The molecule has 0 aliphatic heterocycles. The van der Waals surface area contributed by atoms with Crippen LogP contribution in [-0.4, -0.2) is 11.8 Å². The smallest absolute Gasteiger partial charge is 0.132 e. The van der Waals surface area contributed by atoms with Crippen molar-refractivity contribution >= 4 is 5.78 Å². The Morgan fingerprint density at radius 2 is 1.36 bits per heavy atom. The molecule has 0 saturated heterocycles. The molecule has 2 aliphatic carbocycles. The molecule has 0 spiro atoms. The standard InChI is InChI=1S/C6H13N.C6H10O/c2*7-6-4-2-1-3-5-6/h6H,1-5,7H2;1-5H2. The zero-order valence-electron chi connectivity index (χ0n) is 9.13. The van der Waals surface area contributed by atoms with Crippen LogP contribution in [0.5, 0.6) is 0 Å². The van der Waals surface area contributed by atoms with E-state index < -0.39 is 0 Å². The molecule has 2 rings (SSSR count). The molecule has 2 saturated carbocycles. The highest BCUT2D eigenvalue weighted by molar-refractivity contribution is 5.78. The van der Waals surface area contributed by atoms with Gasteiger partial charge in [-0.2, -0.15) is 0 Å². The highest BCUT2D eigenvalue weighted by Crippen LogP contribution is 2.14. The largest absolute Gasteiger partial charge is 0.328 e. The Balaban J connectivity index is 0.000000140. The first-order chi connectivity index (χ1) is 6.79. The molecule has 0 aromatic rings. The van der Waals surface area contributed by atoms with Gasteiger partial charge >= 0.3 is 0 Å². The number of rotatable bonds is 0. The molecule has 2 N–H and O–H groups in total. The number of carbonyl (C=O) groups excluding carboxylic acids is 1. The number of hydrogen-bond donors (Lipinski definition) is 1. The molecule has 14 heavy (non-hydrogen) atoms. The zero-order chi connectivity index (χ0) is 10.2. The Hall–Kier alpha value is -0.370. The lowest BCUT2D eigenvalue weighted by atomic mass is 9.97. The van der Waals surface area contributed by atoms with Crippen LogP contribution in [0.1, 0.15) is 64.2 Å². The second kappa shape index (κ2) is 6.99. The summed E-state index contributed by atoms with van der Waals surface area (Å²) in [5.41, 5.74) is 5.63. The summed E-state index contributed by atoms with van der Waals surface area (Å²) in [6.07, 6.45) is 11.9. The van der Waals surface area contributed by atoms with Gasteiger partial charge in [-0.25, -0.2) is 0 Å². The second-order valence-electron chi connectivity index (χ2n) is 4.50. The van der Waals surface area contributed by atoms with E-state index in [0.717, 1.165) is 25.7 Å². The number of carbonyl (C=O) groups is 1. The Morgan fingerprint density at radius 1 is 0.857 bits per heavy atom. The van der Waals surface area contributed by atoms with Crippen LogP contribution in [0.4, 0.5) is 0 Å². The Bertz CT molecular complexity index is 154. The summed E-state index contributed by atoms with van der Waals surface area (Å²) in [4.78, 5) is 10.5. The predicted molar refractivity (Wildman–Crippen MR) is 59.2 cm³/mol. The molecule has 0 aromatic heterocycles. The van der Waals surface area contributed by atoms with E-state index in [1.807, 2.05) is 0 Å². The second-order valence-corrected chi connectivity index (χ2v) is 4.50. The van der Waals surface area contributed by atoms with Crippen molar-refractivity contribution in [1.29, 1.82) is 0 Å². The Labute approximate surface area is 87.2 Å². The van der Waals surface area contributed by atoms with Gasteiger partial charge < -0.3 is 5.73 Å². The van der Waals surface area contributed by atoms with Gasteiger partial charge in [-0.1, -0.05) is 25.7 Å². The predicted octanol–water partition coefficient (Wildman–Crippen LogP) is 2.80. The monoisotopic (exact) mass is 197 g/mol. The van der Waals surface area contributed by atoms with Crippen LogP contribution in [0.2, 0.25) is 0 Å². The van der Waals surface area contributed by atoms with Gasteiger partial charge in [0.1, 0.15) is 5.78 Å². The summed E-state index contributed by atoms with van der Waals surface area (Å²) in [6, 6.07) is 0.536. The fourth-order valence-corrected chi connectivity index (χ4v) is 2.08. The quantitative estimate of drug-likeness (QED) is 0.649. The van der Waals surface area contributed by atoms with Gasteiger partial charge in [0.15, 0.2) is 0 Å². The van der Waals surface area contributed by atoms with Crippen LogP contribution >= 0.6 is 0 Å². The summed E-state index contributed by atoms with van der Waals surface area (Å²) in [6.45, 7) is 0. The van der Waals surface area contributed by atoms with E-state index in [1.165, 1.54) is 38.5 Å². The van der Waals surface area contributed by atoms with Crippen molar-refractivity contribution in [2.75, 3.05) is 0 Å². The molecule has 2 heteroatoms. The van der Waals surface area contributed by atoms with E-state index in [0.29, 0.717) is 11.8 Å². The fraction of sp³-hybridized carbons (Fsp3) is 0.917. The van der Waals surface area contributed by atoms with Crippen molar-refractivity contribution in [2.45, 2.75) is 70.3 Å². The third-order valence-electron chi connectivity index (χ3n) is 3.06. The average Bonchev–Trinajstić information content (AvgIpc) is 2.21. The third-order valence-corrected chi connectivity index (χ3v) is 3.06.